The van der Waals surface area contributed by atoms with Crippen LogP contribution in [0.1, 0.15) is 0 Å². The largest absolute Gasteiger partial charge is 0.368 e. The predicted octanol–water partition coefficient (Wildman–Crippen LogP) is 1.21. The van der Waals surface area contributed by atoms with Crippen molar-refractivity contribution in [1.82, 2.24) is 20.2 Å². The van der Waals surface area contributed by atoms with Gasteiger partial charge in [-0.1, -0.05) is 6.07 Å². The van der Waals surface area contributed by atoms with Gasteiger partial charge in [-0.2, -0.15) is 0 Å². The molecule has 0 radical (unpaired) electrons. The number of nitrogens with one attached hydrogen (secondary N) is 2. The molecule has 104 valence electrons. The van der Waals surface area contributed by atoms with Gasteiger partial charge in [-0.25, -0.2) is 19.2 Å². The fourth-order valence-corrected chi connectivity index (χ4v) is 2.24. The van der Waals surface area contributed by atoms with E-state index in [1.54, 1.807) is 17.0 Å². The van der Waals surface area contributed by atoms with Crippen LogP contribution in [0.15, 0.2) is 24.5 Å². The molecule has 0 aliphatic carbocycles. The van der Waals surface area contributed by atoms with Gasteiger partial charge in [-0.05, 0) is 12.1 Å². The zero-order valence-corrected chi connectivity index (χ0v) is 10.8. The van der Waals surface area contributed by atoms with E-state index in [9.17, 15) is 9.18 Å². The Balaban J connectivity index is 1.73. The number of nitrogens with zero attached hydrogens (tertiary/aromatic N) is 3. The van der Waals surface area contributed by atoms with Gasteiger partial charge in [0.25, 0.3) is 0 Å². The number of hydrogen-bond donors (Lipinski definition) is 2. The van der Waals surface area contributed by atoms with Crippen LogP contribution in [0, 0.1) is 5.82 Å². The van der Waals surface area contributed by atoms with Crippen LogP contribution >= 0.6 is 0 Å². The molecule has 3 rings (SSSR count). The average molecular weight is 275 g/mol. The van der Waals surface area contributed by atoms with Gasteiger partial charge in [-0.15, -0.1) is 0 Å². The van der Waals surface area contributed by atoms with E-state index in [-0.39, 0.29) is 11.8 Å². The van der Waals surface area contributed by atoms with Gasteiger partial charge in [0, 0.05) is 26.2 Å². The Hall–Kier alpha value is -2.44. The average Bonchev–Trinajstić information content (AvgIpc) is 2.85. The molecule has 0 atom stereocenters. The van der Waals surface area contributed by atoms with Crippen LogP contribution in [0.3, 0.4) is 0 Å². The van der Waals surface area contributed by atoms with E-state index in [1.807, 2.05) is 0 Å². The minimum atomic E-state index is -0.357. The van der Waals surface area contributed by atoms with Gasteiger partial charge in [0.15, 0.2) is 0 Å². The van der Waals surface area contributed by atoms with Gasteiger partial charge in [0.1, 0.15) is 18.0 Å². The van der Waals surface area contributed by atoms with Gasteiger partial charge >= 0.3 is 6.03 Å². The first-order valence-corrected chi connectivity index (χ1v) is 6.41. The summed E-state index contributed by atoms with van der Waals surface area (Å²) in [6, 6.07) is 4.66. The zero-order valence-electron chi connectivity index (χ0n) is 10.8. The summed E-state index contributed by atoms with van der Waals surface area (Å²) in [4.78, 5) is 21.2. The summed E-state index contributed by atoms with van der Waals surface area (Å²) in [7, 11) is 0. The van der Waals surface area contributed by atoms with Crippen LogP contribution in [0.5, 0.6) is 0 Å². The summed E-state index contributed by atoms with van der Waals surface area (Å²) < 4.78 is 13.8. The highest BCUT2D eigenvalue weighted by Crippen LogP contribution is 2.21. The monoisotopic (exact) mass is 275 g/mol. The zero-order chi connectivity index (χ0) is 13.9. The van der Waals surface area contributed by atoms with Crippen molar-refractivity contribution in [3.8, 4) is 0 Å². The topological polar surface area (TPSA) is 70.2 Å². The van der Waals surface area contributed by atoms with Crippen LogP contribution in [0.25, 0.3) is 10.9 Å². The van der Waals surface area contributed by atoms with E-state index in [4.69, 9.17) is 0 Å². The number of fused-ring (bicyclic) bond motifs is 1. The van der Waals surface area contributed by atoms with Crippen molar-refractivity contribution >= 4 is 22.8 Å². The maximum absolute atomic E-state index is 13.8. The number of amides is 2. The standard InChI is InChI=1S/C13H14FN5O/c14-9-2-1-3-10-11(9)12(18-8-17-10)15-4-6-19-7-5-16-13(19)20/h1-3,8H,4-7H2,(H,16,20)(H,15,17,18). The SMILES string of the molecule is O=C1NCCN1CCNc1ncnc2cccc(F)c12. The summed E-state index contributed by atoms with van der Waals surface area (Å²) in [6.45, 7) is 2.42. The van der Waals surface area contributed by atoms with E-state index < -0.39 is 0 Å². The lowest BCUT2D eigenvalue weighted by Gasteiger charge is -2.15. The molecule has 1 aliphatic rings. The van der Waals surface area contributed by atoms with Crippen LogP contribution in [-0.4, -0.2) is 47.1 Å². The number of anilines is 1. The lowest BCUT2D eigenvalue weighted by atomic mass is 10.2. The van der Waals surface area contributed by atoms with Crippen molar-refractivity contribution in [2.45, 2.75) is 0 Å². The van der Waals surface area contributed by atoms with Crippen LogP contribution < -0.4 is 10.6 Å². The van der Waals surface area contributed by atoms with E-state index in [0.717, 1.165) is 0 Å². The summed E-state index contributed by atoms with van der Waals surface area (Å²) in [5, 5.41) is 6.17. The Labute approximate surface area is 115 Å². The van der Waals surface area contributed by atoms with E-state index in [2.05, 4.69) is 20.6 Å². The summed E-state index contributed by atoms with van der Waals surface area (Å²) in [5.41, 5.74) is 0.557. The number of urea groups is 1. The maximum Gasteiger partial charge on any atom is 0.317 e. The highest BCUT2D eigenvalue weighted by molar-refractivity contribution is 5.89. The van der Waals surface area contributed by atoms with Crippen molar-refractivity contribution in [2.24, 2.45) is 0 Å². The smallest absolute Gasteiger partial charge is 0.317 e. The fourth-order valence-electron chi connectivity index (χ4n) is 2.24. The molecule has 7 heteroatoms. The third-order valence-corrected chi connectivity index (χ3v) is 3.23. The number of carbonyl (C=O) groups is 1. The highest BCUT2D eigenvalue weighted by Gasteiger charge is 2.18. The van der Waals surface area contributed by atoms with Crippen LogP contribution in [0.2, 0.25) is 0 Å². The van der Waals surface area contributed by atoms with E-state index >= 15 is 0 Å². The number of aromatic nitrogens is 2. The molecule has 0 unspecified atom stereocenters. The molecule has 2 amide bonds. The molecule has 1 fully saturated rings. The first-order chi connectivity index (χ1) is 9.75. The van der Waals surface area contributed by atoms with Crippen molar-refractivity contribution in [2.75, 3.05) is 31.5 Å². The second-order valence-corrected chi connectivity index (χ2v) is 4.50. The molecule has 1 saturated heterocycles. The molecule has 20 heavy (non-hydrogen) atoms. The maximum atomic E-state index is 13.8. The molecule has 0 spiro atoms. The summed E-state index contributed by atoms with van der Waals surface area (Å²) >= 11 is 0. The molecule has 1 aliphatic heterocycles. The lowest BCUT2D eigenvalue weighted by Crippen LogP contribution is -2.32. The minimum Gasteiger partial charge on any atom is -0.368 e. The van der Waals surface area contributed by atoms with Gasteiger partial charge < -0.3 is 15.5 Å². The predicted molar refractivity (Wildman–Crippen MR) is 73.0 cm³/mol. The molecule has 0 saturated carbocycles. The summed E-state index contributed by atoms with van der Waals surface area (Å²) in [6.07, 6.45) is 1.40. The van der Waals surface area contributed by atoms with Crippen LogP contribution in [0.4, 0.5) is 15.0 Å². The molecular weight excluding hydrogens is 261 g/mol. The van der Waals surface area contributed by atoms with Crippen LogP contribution in [-0.2, 0) is 0 Å². The molecule has 6 nitrogen and oxygen atoms in total. The lowest BCUT2D eigenvalue weighted by molar-refractivity contribution is 0.219. The first kappa shape index (κ1) is 12.6. The number of benzene rings is 1. The minimum absolute atomic E-state index is 0.0643. The molecule has 2 heterocycles. The van der Waals surface area contributed by atoms with Crippen molar-refractivity contribution in [3.63, 3.8) is 0 Å². The normalized spacial score (nSPS) is 14.7. The molecule has 0 bridgehead atoms. The van der Waals surface area contributed by atoms with Crippen molar-refractivity contribution in [1.29, 1.82) is 0 Å². The molecular formula is C13H14FN5O. The Morgan fingerprint density at radius 2 is 2.30 bits per heavy atom. The molecule has 1 aromatic carbocycles. The van der Waals surface area contributed by atoms with Crippen molar-refractivity contribution < 1.29 is 9.18 Å². The molecule has 2 N–H and O–H groups in total. The quantitative estimate of drug-likeness (QED) is 0.880. The Kier molecular flexibility index (Phi) is 3.32. The second kappa shape index (κ2) is 5.28. The highest BCUT2D eigenvalue weighted by atomic mass is 19.1. The second-order valence-electron chi connectivity index (χ2n) is 4.50. The van der Waals surface area contributed by atoms with Crippen molar-refractivity contribution in [3.05, 3.63) is 30.3 Å². The molecule has 2 aromatic rings. The number of rotatable bonds is 4. The number of hydrogen-bond acceptors (Lipinski definition) is 4. The van der Waals surface area contributed by atoms with Gasteiger partial charge in [0.2, 0.25) is 0 Å². The van der Waals surface area contributed by atoms with Gasteiger partial charge in [0.05, 0.1) is 10.9 Å². The fraction of sp³-hybridized carbons (Fsp3) is 0.308. The molecule has 1 aromatic heterocycles. The number of carbonyl (C=O) groups excluding carboxylic acids is 1. The van der Waals surface area contributed by atoms with Gasteiger partial charge in [-0.3, -0.25) is 0 Å². The third kappa shape index (κ3) is 2.34. The third-order valence-electron chi connectivity index (χ3n) is 3.23. The summed E-state index contributed by atoms with van der Waals surface area (Å²) in [5.74, 6) is 0.0946. The Bertz CT molecular complexity index is 642. The van der Waals surface area contributed by atoms with E-state index in [1.165, 1.54) is 12.4 Å². The Morgan fingerprint density at radius 3 is 3.10 bits per heavy atom. The van der Waals surface area contributed by atoms with E-state index in [0.29, 0.717) is 42.9 Å². The first-order valence-electron chi connectivity index (χ1n) is 6.41. The Morgan fingerprint density at radius 1 is 1.40 bits per heavy atom. The number of halogens is 1.